The van der Waals surface area contributed by atoms with Gasteiger partial charge in [0, 0.05) is 24.7 Å². The third kappa shape index (κ3) is 3.24. The van der Waals surface area contributed by atoms with E-state index < -0.39 is 10.0 Å². The average molecular weight is 333 g/mol. The number of pyridine rings is 1. The largest absolute Gasteiger partial charge is 0.319 e. The van der Waals surface area contributed by atoms with E-state index in [4.69, 9.17) is 0 Å². The fourth-order valence-electron chi connectivity index (χ4n) is 3.29. The first-order valence-electron chi connectivity index (χ1n) is 8.02. The third-order valence-corrected chi connectivity index (χ3v) is 6.30. The number of aryl methyl sites for hydroxylation is 1. The molecular formula is C17H23N3O2S. The summed E-state index contributed by atoms with van der Waals surface area (Å²) in [5.74, 6) is 0.369. The van der Waals surface area contributed by atoms with Crippen LogP contribution in [0.2, 0.25) is 0 Å². The Kier molecular flexibility index (Phi) is 4.66. The highest BCUT2D eigenvalue weighted by molar-refractivity contribution is 7.89. The molecule has 0 radical (unpaired) electrons. The minimum Gasteiger partial charge on any atom is -0.319 e. The van der Waals surface area contributed by atoms with Crippen molar-refractivity contribution in [3.8, 4) is 0 Å². The van der Waals surface area contributed by atoms with E-state index in [1.54, 1.807) is 22.6 Å². The number of fused-ring (bicyclic) bond motifs is 1. The van der Waals surface area contributed by atoms with Gasteiger partial charge in [0.05, 0.1) is 5.52 Å². The molecule has 1 saturated heterocycles. The van der Waals surface area contributed by atoms with Gasteiger partial charge in [-0.05, 0) is 57.0 Å². The number of hydrogen-bond donors (Lipinski definition) is 1. The van der Waals surface area contributed by atoms with Gasteiger partial charge in [0.25, 0.3) is 0 Å². The van der Waals surface area contributed by atoms with Crippen LogP contribution in [0.3, 0.4) is 0 Å². The van der Waals surface area contributed by atoms with E-state index in [1.807, 2.05) is 26.1 Å². The van der Waals surface area contributed by atoms with Crippen LogP contribution in [0.1, 0.15) is 18.4 Å². The molecule has 1 aliphatic rings. The van der Waals surface area contributed by atoms with Gasteiger partial charge in [0.1, 0.15) is 4.90 Å². The number of hydrogen-bond acceptors (Lipinski definition) is 4. The number of para-hydroxylation sites is 1. The Morgan fingerprint density at radius 3 is 3.00 bits per heavy atom. The van der Waals surface area contributed by atoms with Crippen molar-refractivity contribution in [2.24, 2.45) is 5.92 Å². The molecule has 0 aliphatic carbocycles. The molecule has 2 aromatic rings. The molecule has 2 heterocycles. The lowest BCUT2D eigenvalue weighted by Gasteiger charge is -2.32. The van der Waals surface area contributed by atoms with E-state index >= 15 is 0 Å². The number of sulfonamides is 1. The second-order valence-electron chi connectivity index (χ2n) is 6.27. The summed E-state index contributed by atoms with van der Waals surface area (Å²) in [6.07, 6.45) is 3.70. The van der Waals surface area contributed by atoms with Crippen molar-refractivity contribution in [2.75, 3.05) is 26.7 Å². The van der Waals surface area contributed by atoms with Crippen LogP contribution in [0.4, 0.5) is 0 Å². The summed E-state index contributed by atoms with van der Waals surface area (Å²) in [6.45, 7) is 3.97. The number of nitrogens with one attached hydrogen (secondary N) is 1. The lowest BCUT2D eigenvalue weighted by molar-refractivity contribution is 0.263. The highest BCUT2D eigenvalue weighted by atomic mass is 32.2. The number of piperidine rings is 1. The molecule has 3 rings (SSSR count). The van der Waals surface area contributed by atoms with E-state index in [1.165, 1.54) is 0 Å². The Morgan fingerprint density at radius 1 is 1.39 bits per heavy atom. The maximum absolute atomic E-state index is 13.1. The van der Waals surface area contributed by atoms with Gasteiger partial charge >= 0.3 is 0 Å². The van der Waals surface area contributed by atoms with E-state index in [0.717, 1.165) is 30.3 Å². The minimum absolute atomic E-state index is 0.320. The summed E-state index contributed by atoms with van der Waals surface area (Å²) in [4.78, 5) is 4.70. The summed E-state index contributed by atoms with van der Waals surface area (Å²) in [7, 11) is -1.60. The summed E-state index contributed by atoms with van der Waals surface area (Å²) >= 11 is 0. The summed E-state index contributed by atoms with van der Waals surface area (Å²) < 4.78 is 27.8. The maximum Gasteiger partial charge on any atom is 0.245 e. The van der Waals surface area contributed by atoms with Gasteiger partial charge in [-0.15, -0.1) is 0 Å². The molecule has 5 nitrogen and oxygen atoms in total. The first-order chi connectivity index (χ1) is 11.0. The molecule has 1 aliphatic heterocycles. The van der Waals surface area contributed by atoms with Crippen LogP contribution in [0.25, 0.3) is 10.9 Å². The molecule has 0 amide bonds. The first kappa shape index (κ1) is 16.4. The molecule has 23 heavy (non-hydrogen) atoms. The number of nitrogens with zero attached hydrogens (tertiary/aromatic N) is 2. The maximum atomic E-state index is 13.1. The zero-order chi connectivity index (χ0) is 16.4. The van der Waals surface area contributed by atoms with Crippen LogP contribution in [-0.4, -0.2) is 44.4 Å². The van der Waals surface area contributed by atoms with Gasteiger partial charge in [-0.2, -0.15) is 4.31 Å². The van der Waals surface area contributed by atoms with E-state index in [9.17, 15) is 8.42 Å². The van der Waals surface area contributed by atoms with Crippen molar-refractivity contribution < 1.29 is 8.42 Å². The van der Waals surface area contributed by atoms with Gasteiger partial charge in [-0.1, -0.05) is 12.1 Å². The normalized spacial score (nSPS) is 20.0. The SMILES string of the molecule is CNC[C@H]1CCCN(S(=O)(=O)c2cccc3cc(C)cnc23)C1. The van der Waals surface area contributed by atoms with Gasteiger partial charge < -0.3 is 5.32 Å². The average Bonchev–Trinajstić information content (AvgIpc) is 2.54. The van der Waals surface area contributed by atoms with E-state index in [-0.39, 0.29) is 0 Å². The Hall–Kier alpha value is -1.50. The van der Waals surface area contributed by atoms with E-state index in [2.05, 4.69) is 10.3 Å². The minimum atomic E-state index is -3.51. The second kappa shape index (κ2) is 6.55. The van der Waals surface area contributed by atoms with Crippen molar-refractivity contribution in [1.29, 1.82) is 0 Å². The lowest BCUT2D eigenvalue weighted by atomic mass is 10.00. The first-order valence-corrected chi connectivity index (χ1v) is 9.46. The Balaban J connectivity index is 1.99. The van der Waals surface area contributed by atoms with Crippen LogP contribution in [0, 0.1) is 12.8 Å². The summed E-state index contributed by atoms with van der Waals surface area (Å²) in [5, 5.41) is 4.02. The highest BCUT2D eigenvalue weighted by Gasteiger charge is 2.31. The molecule has 1 aromatic carbocycles. The highest BCUT2D eigenvalue weighted by Crippen LogP contribution is 2.28. The molecule has 124 valence electrons. The summed E-state index contributed by atoms with van der Waals surface area (Å²) in [6, 6.07) is 7.35. The zero-order valence-electron chi connectivity index (χ0n) is 13.6. The Labute approximate surface area is 137 Å². The Morgan fingerprint density at radius 2 is 2.22 bits per heavy atom. The predicted octanol–water partition coefficient (Wildman–Crippen LogP) is 2.16. The van der Waals surface area contributed by atoms with Crippen molar-refractivity contribution in [1.82, 2.24) is 14.6 Å². The fraction of sp³-hybridized carbons (Fsp3) is 0.471. The van der Waals surface area contributed by atoms with E-state index in [0.29, 0.717) is 29.4 Å². The second-order valence-corrected chi connectivity index (χ2v) is 8.18. The van der Waals surface area contributed by atoms with Crippen LogP contribution < -0.4 is 5.32 Å². The molecule has 6 heteroatoms. The smallest absolute Gasteiger partial charge is 0.245 e. The monoisotopic (exact) mass is 333 g/mol. The van der Waals surface area contributed by atoms with Gasteiger partial charge in [-0.3, -0.25) is 4.98 Å². The predicted molar refractivity (Wildman–Crippen MR) is 91.9 cm³/mol. The van der Waals surface area contributed by atoms with Gasteiger partial charge in [-0.25, -0.2) is 8.42 Å². The third-order valence-electron chi connectivity index (χ3n) is 4.40. The van der Waals surface area contributed by atoms with Gasteiger partial charge in [0.15, 0.2) is 0 Å². The van der Waals surface area contributed by atoms with Crippen LogP contribution in [0.15, 0.2) is 35.4 Å². The molecule has 1 fully saturated rings. The topological polar surface area (TPSA) is 62.3 Å². The molecule has 1 atom stereocenters. The standard InChI is InChI=1S/C17H23N3O2S/c1-13-9-15-6-3-7-16(17(15)19-10-13)23(21,22)20-8-4-5-14(12-20)11-18-2/h3,6-7,9-10,14,18H,4-5,8,11-12H2,1-2H3/t14-/m1/s1. The molecule has 1 N–H and O–H groups in total. The number of aromatic nitrogens is 1. The van der Waals surface area contributed by atoms with Crippen LogP contribution in [0.5, 0.6) is 0 Å². The number of benzene rings is 1. The molecule has 0 bridgehead atoms. The van der Waals surface area contributed by atoms with Crippen molar-refractivity contribution in [3.63, 3.8) is 0 Å². The zero-order valence-corrected chi connectivity index (χ0v) is 14.4. The van der Waals surface area contributed by atoms with Crippen molar-refractivity contribution in [2.45, 2.75) is 24.7 Å². The molecule has 0 saturated carbocycles. The van der Waals surface area contributed by atoms with Gasteiger partial charge in [0.2, 0.25) is 10.0 Å². The van der Waals surface area contributed by atoms with Crippen LogP contribution >= 0.6 is 0 Å². The van der Waals surface area contributed by atoms with Crippen molar-refractivity contribution in [3.05, 3.63) is 36.0 Å². The fourth-order valence-corrected chi connectivity index (χ4v) is 5.01. The van der Waals surface area contributed by atoms with Crippen molar-refractivity contribution >= 4 is 20.9 Å². The summed E-state index contributed by atoms with van der Waals surface area (Å²) in [5.41, 5.74) is 1.59. The molecule has 1 aromatic heterocycles. The molecule has 0 unspecified atom stereocenters. The number of rotatable bonds is 4. The Bertz CT molecular complexity index is 803. The molecular weight excluding hydrogens is 310 g/mol. The van der Waals surface area contributed by atoms with Crippen LogP contribution in [-0.2, 0) is 10.0 Å². The quantitative estimate of drug-likeness (QED) is 0.931. The molecule has 0 spiro atoms. The lowest BCUT2D eigenvalue weighted by Crippen LogP contribution is -2.42.